The summed E-state index contributed by atoms with van der Waals surface area (Å²) in [6.07, 6.45) is 0.563. The second-order valence-electron chi connectivity index (χ2n) is 4.36. The standard InChI is InChI=1S/C11H15FN2O2S/c12-10-3-1-2-8(6-10)11(14-13)9-4-5-17(15,16)7-9/h1-3,6,9,11,14H,4-5,7,13H2. The lowest BCUT2D eigenvalue weighted by atomic mass is 9.93. The highest BCUT2D eigenvalue weighted by molar-refractivity contribution is 7.91. The second kappa shape index (κ2) is 4.72. The Bertz CT molecular complexity index is 504. The smallest absolute Gasteiger partial charge is 0.150 e. The average Bonchev–Trinajstić information content (AvgIpc) is 2.60. The molecule has 2 rings (SSSR count). The Morgan fingerprint density at radius 1 is 1.47 bits per heavy atom. The van der Waals surface area contributed by atoms with Crippen molar-refractivity contribution in [2.24, 2.45) is 11.8 Å². The third kappa shape index (κ3) is 2.83. The van der Waals surface area contributed by atoms with E-state index in [-0.39, 0.29) is 29.3 Å². The zero-order valence-electron chi connectivity index (χ0n) is 9.27. The normalized spacial score (nSPS) is 24.7. The lowest BCUT2D eigenvalue weighted by Crippen LogP contribution is -2.34. The van der Waals surface area contributed by atoms with E-state index in [4.69, 9.17) is 5.84 Å². The highest BCUT2D eigenvalue weighted by Crippen LogP contribution is 2.31. The molecule has 3 N–H and O–H groups in total. The van der Waals surface area contributed by atoms with E-state index in [0.717, 1.165) is 0 Å². The average molecular weight is 258 g/mol. The molecule has 2 unspecified atom stereocenters. The monoisotopic (exact) mass is 258 g/mol. The SMILES string of the molecule is NNC(c1cccc(F)c1)C1CCS(=O)(=O)C1. The number of hydrogen-bond acceptors (Lipinski definition) is 4. The maximum absolute atomic E-state index is 13.1. The molecule has 0 radical (unpaired) electrons. The van der Waals surface area contributed by atoms with E-state index in [9.17, 15) is 12.8 Å². The minimum absolute atomic E-state index is 0.0909. The predicted octanol–water partition coefficient (Wildman–Crippen LogP) is 0.765. The number of hydrogen-bond donors (Lipinski definition) is 2. The van der Waals surface area contributed by atoms with Crippen LogP contribution in [-0.4, -0.2) is 19.9 Å². The van der Waals surface area contributed by atoms with Gasteiger partial charge in [-0.15, -0.1) is 0 Å². The van der Waals surface area contributed by atoms with Gasteiger partial charge in [-0.1, -0.05) is 12.1 Å². The first-order chi connectivity index (χ1) is 8.02. The van der Waals surface area contributed by atoms with Crippen LogP contribution < -0.4 is 11.3 Å². The summed E-state index contributed by atoms with van der Waals surface area (Å²) >= 11 is 0. The van der Waals surface area contributed by atoms with Crippen LogP contribution in [0.2, 0.25) is 0 Å². The molecule has 1 saturated heterocycles. The van der Waals surface area contributed by atoms with Gasteiger partial charge in [-0.2, -0.15) is 0 Å². The van der Waals surface area contributed by atoms with Gasteiger partial charge in [0.05, 0.1) is 11.5 Å². The molecule has 94 valence electrons. The van der Waals surface area contributed by atoms with Crippen molar-refractivity contribution < 1.29 is 12.8 Å². The Labute approximate surface area is 99.9 Å². The quantitative estimate of drug-likeness (QED) is 0.620. The first-order valence-electron chi connectivity index (χ1n) is 5.44. The molecule has 1 aliphatic heterocycles. The summed E-state index contributed by atoms with van der Waals surface area (Å²) < 4.78 is 35.9. The largest absolute Gasteiger partial charge is 0.271 e. The topological polar surface area (TPSA) is 72.2 Å². The van der Waals surface area contributed by atoms with Crippen LogP contribution in [0, 0.1) is 11.7 Å². The molecule has 0 spiro atoms. The van der Waals surface area contributed by atoms with E-state index in [1.54, 1.807) is 12.1 Å². The van der Waals surface area contributed by atoms with Gasteiger partial charge in [0, 0.05) is 6.04 Å². The number of benzene rings is 1. The number of sulfone groups is 1. The Morgan fingerprint density at radius 2 is 2.24 bits per heavy atom. The summed E-state index contributed by atoms with van der Waals surface area (Å²) in [5.41, 5.74) is 3.28. The molecule has 4 nitrogen and oxygen atoms in total. The molecule has 0 aliphatic carbocycles. The molecule has 0 aromatic heterocycles. The van der Waals surface area contributed by atoms with Crippen molar-refractivity contribution in [1.29, 1.82) is 0 Å². The summed E-state index contributed by atoms with van der Waals surface area (Å²) in [6, 6.07) is 5.76. The third-order valence-corrected chi connectivity index (χ3v) is 4.92. The molecular formula is C11H15FN2O2S. The van der Waals surface area contributed by atoms with Crippen LogP contribution in [0.15, 0.2) is 24.3 Å². The summed E-state index contributed by atoms with van der Waals surface area (Å²) in [5.74, 6) is 5.32. The van der Waals surface area contributed by atoms with Crippen molar-refractivity contribution in [3.8, 4) is 0 Å². The number of hydrazine groups is 1. The van der Waals surface area contributed by atoms with Gasteiger partial charge < -0.3 is 0 Å². The number of nitrogens with two attached hydrogens (primary N) is 1. The van der Waals surface area contributed by atoms with Gasteiger partial charge in [-0.3, -0.25) is 11.3 Å². The van der Waals surface area contributed by atoms with Crippen molar-refractivity contribution in [2.75, 3.05) is 11.5 Å². The Kier molecular flexibility index (Phi) is 3.46. The minimum atomic E-state index is -2.96. The van der Waals surface area contributed by atoms with Gasteiger partial charge >= 0.3 is 0 Å². The van der Waals surface area contributed by atoms with Crippen LogP contribution >= 0.6 is 0 Å². The van der Waals surface area contributed by atoms with Gasteiger partial charge in [-0.25, -0.2) is 12.8 Å². The van der Waals surface area contributed by atoms with E-state index in [1.807, 2.05) is 0 Å². The van der Waals surface area contributed by atoms with Crippen LogP contribution in [0.4, 0.5) is 4.39 Å². The fourth-order valence-corrected chi connectivity index (χ4v) is 4.13. The molecule has 1 aromatic rings. The van der Waals surface area contributed by atoms with Crippen LogP contribution in [0.25, 0.3) is 0 Å². The van der Waals surface area contributed by atoms with Crippen LogP contribution in [0.5, 0.6) is 0 Å². The first-order valence-corrected chi connectivity index (χ1v) is 7.26. The maximum Gasteiger partial charge on any atom is 0.150 e. The van der Waals surface area contributed by atoms with Crippen molar-refractivity contribution in [3.05, 3.63) is 35.6 Å². The highest BCUT2D eigenvalue weighted by Gasteiger charge is 2.34. The van der Waals surface area contributed by atoms with E-state index in [0.29, 0.717) is 12.0 Å². The molecule has 0 amide bonds. The van der Waals surface area contributed by atoms with Gasteiger partial charge in [0.1, 0.15) is 5.82 Å². The summed E-state index contributed by atoms with van der Waals surface area (Å²) in [7, 11) is -2.96. The molecule has 1 aromatic carbocycles. The summed E-state index contributed by atoms with van der Waals surface area (Å²) in [4.78, 5) is 0. The molecule has 1 aliphatic rings. The number of nitrogens with one attached hydrogen (secondary N) is 1. The molecule has 0 saturated carbocycles. The summed E-state index contributed by atoms with van der Waals surface area (Å²) in [5, 5.41) is 0. The minimum Gasteiger partial charge on any atom is -0.271 e. The highest BCUT2D eigenvalue weighted by atomic mass is 32.2. The van der Waals surface area contributed by atoms with Crippen molar-refractivity contribution >= 4 is 9.84 Å². The first kappa shape index (κ1) is 12.5. The van der Waals surface area contributed by atoms with E-state index in [2.05, 4.69) is 5.43 Å². The van der Waals surface area contributed by atoms with E-state index < -0.39 is 9.84 Å². The fraction of sp³-hybridized carbons (Fsp3) is 0.455. The molecule has 17 heavy (non-hydrogen) atoms. The number of halogens is 1. The summed E-state index contributed by atoms with van der Waals surface area (Å²) in [6.45, 7) is 0. The zero-order chi connectivity index (χ0) is 12.5. The van der Waals surface area contributed by atoms with Gasteiger partial charge in [0.15, 0.2) is 9.84 Å². The lowest BCUT2D eigenvalue weighted by molar-refractivity contribution is 0.398. The predicted molar refractivity (Wildman–Crippen MR) is 63.2 cm³/mol. The van der Waals surface area contributed by atoms with Crippen LogP contribution in [0.3, 0.4) is 0 Å². The molecule has 2 atom stereocenters. The molecule has 0 bridgehead atoms. The van der Waals surface area contributed by atoms with Crippen molar-refractivity contribution in [1.82, 2.24) is 5.43 Å². The maximum atomic E-state index is 13.1. The Hall–Kier alpha value is -0.980. The van der Waals surface area contributed by atoms with E-state index >= 15 is 0 Å². The fourth-order valence-electron chi connectivity index (χ4n) is 2.29. The molecule has 6 heteroatoms. The number of rotatable bonds is 3. The van der Waals surface area contributed by atoms with Crippen molar-refractivity contribution in [2.45, 2.75) is 12.5 Å². The van der Waals surface area contributed by atoms with Gasteiger partial charge in [0.25, 0.3) is 0 Å². The van der Waals surface area contributed by atoms with Gasteiger partial charge in [-0.05, 0) is 30.0 Å². The lowest BCUT2D eigenvalue weighted by Gasteiger charge is -2.22. The molecule has 1 fully saturated rings. The van der Waals surface area contributed by atoms with Crippen LogP contribution in [-0.2, 0) is 9.84 Å². The molecular weight excluding hydrogens is 243 g/mol. The van der Waals surface area contributed by atoms with Gasteiger partial charge in [0.2, 0.25) is 0 Å². The Morgan fingerprint density at radius 3 is 2.76 bits per heavy atom. The Balaban J connectivity index is 2.23. The third-order valence-electron chi connectivity index (χ3n) is 3.13. The van der Waals surface area contributed by atoms with Crippen LogP contribution in [0.1, 0.15) is 18.0 Å². The second-order valence-corrected chi connectivity index (χ2v) is 6.59. The van der Waals surface area contributed by atoms with Crippen molar-refractivity contribution in [3.63, 3.8) is 0 Å². The zero-order valence-corrected chi connectivity index (χ0v) is 10.1. The van der Waals surface area contributed by atoms with E-state index in [1.165, 1.54) is 12.1 Å². The molecule has 1 heterocycles.